The molecular weight excluding hydrogens is 190 g/mol. The summed E-state index contributed by atoms with van der Waals surface area (Å²) in [5, 5.41) is 3.23. The Hall–Kier alpha value is -1.29. The van der Waals surface area contributed by atoms with Crippen LogP contribution < -0.4 is 5.32 Å². The fourth-order valence-corrected chi connectivity index (χ4v) is 2.03. The summed E-state index contributed by atoms with van der Waals surface area (Å²) in [7, 11) is 1.95. The predicted molar refractivity (Wildman–Crippen MR) is 58.8 cm³/mol. The number of aromatic nitrogens is 1. The average Bonchev–Trinajstić information content (AvgIpc) is 2.81. The minimum atomic E-state index is 0.111. The summed E-state index contributed by atoms with van der Waals surface area (Å²) >= 11 is 0. The average molecular weight is 207 g/mol. The highest BCUT2D eigenvalue weighted by Crippen LogP contribution is 2.12. The van der Waals surface area contributed by atoms with Gasteiger partial charge in [0.1, 0.15) is 5.69 Å². The van der Waals surface area contributed by atoms with E-state index in [2.05, 4.69) is 10.3 Å². The monoisotopic (exact) mass is 207 g/mol. The number of carbonyl (C=O) groups excluding carboxylic acids is 1. The number of nitrogens with zero attached hydrogens (tertiary/aromatic N) is 1. The number of likely N-dealkylation sites (tertiary alicyclic amines) is 1. The highest BCUT2D eigenvalue weighted by atomic mass is 16.2. The van der Waals surface area contributed by atoms with E-state index in [1.807, 2.05) is 24.1 Å². The third-order valence-electron chi connectivity index (χ3n) is 2.95. The van der Waals surface area contributed by atoms with Crippen molar-refractivity contribution in [3.05, 3.63) is 24.0 Å². The van der Waals surface area contributed by atoms with Crippen LogP contribution in [0.1, 0.15) is 23.3 Å². The van der Waals surface area contributed by atoms with Crippen LogP contribution in [0.4, 0.5) is 0 Å². The fourth-order valence-electron chi connectivity index (χ4n) is 2.03. The van der Waals surface area contributed by atoms with Gasteiger partial charge >= 0.3 is 0 Å². The maximum atomic E-state index is 12.0. The van der Waals surface area contributed by atoms with Gasteiger partial charge in [-0.2, -0.15) is 0 Å². The molecule has 1 aromatic rings. The Kier molecular flexibility index (Phi) is 3.06. The first kappa shape index (κ1) is 10.2. The Labute approximate surface area is 89.7 Å². The molecule has 2 heterocycles. The van der Waals surface area contributed by atoms with E-state index in [0.29, 0.717) is 11.7 Å². The molecule has 0 aliphatic carbocycles. The number of hydrogen-bond donors (Lipinski definition) is 2. The lowest BCUT2D eigenvalue weighted by atomic mass is 10.1. The van der Waals surface area contributed by atoms with Crippen molar-refractivity contribution in [1.82, 2.24) is 15.2 Å². The van der Waals surface area contributed by atoms with Gasteiger partial charge < -0.3 is 15.2 Å². The van der Waals surface area contributed by atoms with Gasteiger partial charge in [-0.15, -0.1) is 0 Å². The molecule has 82 valence electrons. The largest absolute Gasteiger partial charge is 0.357 e. The van der Waals surface area contributed by atoms with E-state index in [-0.39, 0.29) is 5.91 Å². The third kappa shape index (κ3) is 2.21. The first-order valence-electron chi connectivity index (χ1n) is 5.41. The quantitative estimate of drug-likeness (QED) is 0.755. The van der Waals surface area contributed by atoms with Crippen LogP contribution in [0.3, 0.4) is 0 Å². The number of hydrogen-bond acceptors (Lipinski definition) is 2. The van der Waals surface area contributed by atoms with Crippen molar-refractivity contribution in [3.63, 3.8) is 0 Å². The second kappa shape index (κ2) is 4.49. The van der Waals surface area contributed by atoms with Crippen molar-refractivity contribution in [2.45, 2.75) is 18.9 Å². The van der Waals surface area contributed by atoms with Gasteiger partial charge in [0.2, 0.25) is 0 Å². The lowest BCUT2D eigenvalue weighted by Crippen LogP contribution is -2.47. The molecule has 1 aliphatic heterocycles. The van der Waals surface area contributed by atoms with Crippen molar-refractivity contribution in [2.24, 2.45) is 0 Å². The van der Waals surface area contributed by atoms with Crippen LogP contribution in [0.5, 0.6) is 0 Å². The zero-order valence-corrected chi connectivity index (χ0v) is 8.99. The van der Waals surface area contributed by atoms with E-state index < -0.39 is 0 Å². The maximum absolute atomic E-state index is 12.0. The zero-order chi connectivity index (χ0) is 10.7. The van der Waals surface area contributed by atoms with Crippen LogP contribution in [0.15, 0.2) is 18.3 Å². The Balaban J connectivity index is 2.01. The topological polar surface area (TPSA) is 48.1 Å². The van der Waals surface area contributed by atoms with Gasteiger partial charge in [0.05, 0.1) is 0 Å². The molecule has 0 bridgehead atoms. The predicted octanol–water partition coefficient (Wildman–Crippen LogP) is 0.839. The number of amides is 1. The lowest BCUT2D eigenvalue weighted by molar-refractivity contribution is 0.0693. The molecule has 1 atom stereocenters. The molecule has 1 unspecified atom stereocenters. The van der Waals surface area contributed by atoms with Gasteiger partial charge in [0, 0.05) is 25.3 Å². The number of nitrogens with one attached hydrogen (secondary N) is 2. The molecule has 2 N–H and O–H groups in total. The molecule has 1 fully saturated rings. The third-order valence-corrected chi connectivity index (χ3v) is 2.95. The van der Waals surface area contributed by atoms with Crippen LogP contribution in [-0.4, -0.2) is 42.0 Å². The molecule has 1 saturated heterocycles. The van der Waals surface area contributed by atoms with E-state index in [1.54, 1.807) is 6.20 Å². The number of likely N-dealkylation sites (N-methyl/N-ethyl adjacent to an activating group) is 1. The second-order valence-electron chi connectivity index (χ2n) is 3.96. The molecule has 4 nitrogen and oxygen atoms in total. The molecular formula is C11H17N3O. The van der Waals surface area contributed by atoms with Crippen LogP contribution in [0.2, 0.25) is 0 Å². The Morgan fingerprint density at radius 2 is 2.53 bits per heavy atom. The van der Waals surface area contributed by atoms with Crippen LogP contribution in [-0.2, 0) is 0 Å². The minimum Gasteiger partial charge on any atom is -0.357 e. The molecule has 0 radical (unpaired) electrons. The maximum Gasteiger partial charge on any atom is 0.270 e. The van der Waals surface area contributed by atoms with E-state index in [4.69, 9.17) is 0 Å². The van der Waals surface area contributed by atoms with Crippen LogP contribution >= 0.6 is 0 Å². The zero-order valence-electron chi connectivity index (χ0n) is 8.99. The number of H-pyrrole nitrogens is 1. The molecule has 0 aromatic carbocycles. The Morgan fingerprint density at radius 1 is 1.67 bits per heavy atom. The van der Waals surface area contributed by atoms with Gasteiger partial charge in [-0.05, 0) is 32.0 Å². The van der Waals surface area contributed by atoms with E-state index in [9.17, 15) is 4.79 Å². The first-order chi connectivity index (χ1) is 7.31. The summed E-state index contributed by atoms with van der Waals surface area (Å²) < 4.78 is 0. The highest BCUT2D eigenvalue weighted by molar-refractivity contribution is 5.92. The van der Waals surface area contributed by atoms with Gasteiger partial charge in [-0.3, -0.25) is 4.79 Å². The van der Waals surface area contributed by atoms with Crippen LogP contribution in [0, 0.1) is 0 Å². The summed E-state index contributed by atoms with van der Waals surface area (Å²) in [5.41, 5.74) is 0.687. The summed E-state index contributed by atoms with van der Waals surface area (Å²) in [4.78, 5) is 16.9. The van der Waals surface area contributed by atoms with Gasteiger partial charge in [0.25, 0.3) is 5.91 Å². The standard InChI is InChI=1S/C11H17N3O/c1-12-9-4-3-7-14(8-9)11(15)10-5-2-6-13-10/h2,5-6,9,12-13H,3-4,7-8H2,1H3. The molecule has 1 aromatic heterocycles. The van der Waals surface area contributed by atoms with Crippen molar-refractivity contribution >= 4 is 5.91 Å². The molecule has 1 aliphatic rings. The van der Waals surface area contributed by atoms with E-state index >= 15 is 0 Å². The molecule has 4 heteroatoms. The Morgan fingerprint density at radius 3 is 3.20 bits per heavy atom. The summed E-state index contributed by atoms with van der Waals surface area (Å²) in [6.07, 6.45) is 4.02. The normalized spacial score (nSPS) is 21.7. The number of aromatic amines is 1. The van der Waals surface area contributed by atoms with Crippen LogP contribution in [0.25, 0.3) is 0 Å². The van der Waals surface area contributed by atoms with E-state index in [1.165, 1.54) is 0 Å². The molecule has 15 heavy (non-hydrogen) atoms. The molecule has 1 amide bonds. The number of rotatable bonds is 2. The van der Waals surface area contributed by atoms with Gasteiger partial charge in [-0.25, -0.2) is 0 Å². The second-order valence-corrected chi connectivity index (χ2v) is 3.96. The first-order valence-corrected chi connectivity index (χ1v) is 5.41. The van der Waals surface area contributed by atoms with Gasteiger partial charge in [-0.1, -0.05) is 0 Å². The summed E-state index contributed by atoms with van der Waals surface area (Å²) in [6, 6.07) is 4.12. The van der Waals surface area contributed by atoms with Gasteiger partial charge in [0.15, 0.2) is 0 Å². The van der Waals surface area contributed by atoms with Crippen molar-refractivity contribution in [2.75, 3.05) is 20.1 Å². The Bertz CT molecular complexity index is 321. The smallest absolute Gasteiger partial charge is 0.270 e. The van der Waals surface area contributed by atoms with Crippen molar-refractivity contribution in [3.8, 4) is 0 Å². The SMILES string of the molecule is CNC1CCCN(C(=O)c2ccc[nH]2)C1. The summed E-state index contributed by atoms with van der Waals surface area (Å²) in [6.45, 7) is 1.68. The molecule has 0 saturated carbocycles. The molecule has 0 spiro atoms. The lowest BCUT2D eigenvalue weighted by Gasteiger charge is -2.32. The number of carbonyl (C=O) groups is 1. The summed E-state index contributed by atoms with van der Waals surface area (Å²) in [5.74, 6) is 0.111. The number of piperidine rings is 1. The van der Waals surface area contributed by atoms with E-state index in [0.717, 1.165) is 25.9 Å². The van der Waals surface area contributed by atoms with Crippen molar-refractivity contribution in [1.29, 1.82) is 0 Å². The minimum absolute atomic E-state index is 0.111. The molecule has 2 rings (SSSR count). The highest BCUT2D eigenvalue weighted by Gasteiger charge is 2.23. The fraction of sp³-hybridized carbons (Fsp3) is 0.545. The van der Waals surface area contributed by atoms with Crippen molar-refractivity contribution < 1.29 is 4.79 Å².